The largest absolute Gasteiger partial charge is 0.344 e. The van der Waals surface area contributed by atoms with E-state index < -0.39 is 14.6 Å². The van der Waals surface area contributed by atoms with Crippen LogP contribution in [0.25, 0.3) is 0 Å². The van der Waals surface area contributed by atoms with Gasteiger partial charge in [0.05, 0.1) is 0 Å². The molecule has 1 fully saturated rings. The van der Waals surface area contributed by atoms with Crippen LogP contribution in [0.3, 0.4) is 0 Å². The molecule has 0 atom stereocenters. The topological polar surface area (TPSA) is 66.5 Å². The first-order valence-electron chi connectivity index (χ1n) is 6.65. The molecule has 0 spiro atoms. The van der Waals surface area contributed by atoms with Crippen molar-refractivity contribution >= 4 is 15.7 Å². The Morgan fingerprint density at radius 2 is 1.74 bits per heavy atom. The SMILES string of the molecule is CN(CC(C)(C)C)C(=O)C1(S(C)(=O)=O)CCNCC1. The van der Waals surface area contributed by atoms with Gasteiger partial charge in [0.1, 0.15) is 0 Å². The Bertz CT molecular complexity index is 431. The van der Waals surface area contributed by atoms with E-state index in [9.17, 15) is 13.2 Å². The van der Waals surface area contributed by atoms with Crippen molar-refractivity contribution in [3.8, 4) is 0 Å². The van der Waals surface area contributed by atoms with Crippen LogP contribution in [-0.2, 0) is 14.6 Å². The molecule has 6 heteroatoms. The number of hydrogen-bond acceptors (Lipinski definition) is 4. The van der Waals surface area contributed by atoms with Gasteiger partial charge in [-0.2, -0.15) is 0 Å². The average Bonchev–Trinajstić information content (AvgIpc) is 2.25. The third-order valence-corrected chi connectivity index (χ3v) is 5.57. The summed E-state index contributed by atoms with van der Waals surface area (Å²) in [4.78, 5) is 14.2. The lowest BCUT2D eigenvalue weighted by Gasteiger charge is -2.39. The van der Waals surface area contributed by atoms with E-state index in [1.807, 2.05) is 20.8 Å². The second-order valence-corrected chi connectivity index (χ2v) is 9.06. The van der Waals surface area contributed by atoms with Gasteiger partial charge in [-0.25, -0.2) is 8.42 Å². The van der Waals surface area contributed by atoms with Gasteiger partial charge in [-0.15, -0.1) is 0 Å². The highest BCUT2D eigenvalue weighted by Crippen LogP contribution is 2.30. The van der Waals surface area contributed by atoms with Crippen molar-refractivity contribution in [3.63, 3.8) is 0 Å². The first-order chi connectivity index (χ1) is 8.50. The zero-order valence-electron chi connectivity index (χ0n) is 12.6. The van der Waals surface area contributed by atoms with Crippen LogP contribution in [0, 0.1) is 5.41 Å². The molecule has 112 valence electrons. The summed E-state index contributed by atoms with van der Waals surface area (Å²) in [5, 5.41) is 3.12. The van der Waals surface area contributed by atoms with Gasteiger partial charge >= 0.3 is 0 Å². The fraction of sp³-hybridized carbons (Fsp3) is 0.923. The van der Waals surface area contributed by atoms with Crippen LogP contribution in [0.4, 0.5) is 0 Å². The Balaban J connectivity index is 3.03. The molecule has 0 radical (unpaired) electrons. The van der Waals surface area contributed by atoms with E-state index in [4.69, 9.17) is 0 Å². The molecule has 1 N–H and O–H groups in total. The monoisotopic (exact) mass is 290 g/mol. The lowest BCUT2D eigenvalue weighted by Crippen LogP contribution is -2.58. The van der Waals surface area contributed by atoms with Gasteiger partial charge in [0.15, 0.2) is 14.6 Å². The summed E-state index contributed by atoms with van der Waals surface area (Å²) in [5.74, 6) is -0.258. The lowest BCUT2D eigenvalue weighted by atomic mass is 9.92. The van der Waals surface area contributed by atoms with Gasteiger partial charge in [0.25, 0.3) is 0 Å². The molecule has 1 rings (SSSR count). The van der Waals surface area contributed by atoms with Crippen LogP contribution < -0.4 is 5.32 Å². The van der Waals surface area contributed by atoms with E-state index in [1.54, 1.807) is 11.9 Å². The Morgan fingerprint density at radius 3 is 2.11 bits per heavy atom. The molecule has 5 nitrogen and oxygen atoms in total. The van der Waals surface area contributed by atoms with Crippen molar-refractivity contribution in [3.05, 3.63) is 0 Å². The van der Waals surface area contributed by atoms with Crippen LogP contribution in [0.5, 0.6) is 0 Å². The Hall–Kier alpha value is -0.620. The number of nitrogens with one attached hydrogen (secondary N) is 1. The van der Waals surface area contributed by atoms with Crippen LogP contribution >= 0.6 is 0 Å². The molecule has 0 aromatic heterocycles. The highest BCUT2D eigenvalue weighted by molar-refractivity contribution is 7.92. The van der Waals surface area contributed by atoms with E-state index in [-0.39, 0.29) is 11.3 Å². The summed E-state index contributed by atoms with van der Waals surface area (Å²) in [6.07, 6.45) is 1.90. The third kappa shape index (κ3) is 3.69. The van der Waals surface area contributed by atoms with Crippen molar-refractivity contribution in [2.24, 2.45) is 5.41 Å². The van der Waals surface area contributed by atoms with Crippen molar-refractivity contribution in [1.82, 2.24) is 10.2 Å². The summed E-state index contributed by atoms with van der Waals surface area (Å²) < 4.78 is 23.1. The first-order valence-corrected chi connectivity index (χ1v) is 8.55. The molecule has 1 aliphatic heterocycles. The molecule has 0 unspecified atom stereocenters. The Labute approximate surface area is 116 Å². The number of rotatable bonds is 3. The summed E-state index contributed by atoms with van der Waals surface area (Å²) in [7, 11) is -1.72. The lowest BCUT2D eigenvalue weighted by molar-refractivity contribution is -0.134. The number of nitrogens with zero attached hydrogens (tertiary/aromatic N) is 1. The molecular weight excluding hydrogens is 264 g/mol. The van der Waals surface area contributed by atoms with Crippen molar-refractivity contribution in [2.45, 2.75) is 38.4 Å². The van der Waals surface area contributed by atoms with E-state index in [0.717, 1.165) is 0 Å². The number of hydrogen-bond donors (Lipinski definition) is 1. The molecule has 19 heavy (non-hydrogen) atoms. The maximum Gasteiger partial charge on any atom is 0.243 e. The summed E-state index contributed by atoms with van der Waals surface area (Å²) >= 11 is 0. The highest BCUT2D eigenvalue weighted by Gasteiger charge is 2.50. The predicted octanol–water partition coefficient (Wildman–Crippen LogP) is 0.658. The minimum absolute atomic E-state index is 0.0456. The molecule has 1 heterocycles. The van der Waals surface area contributed by atoms with Gasteiger partial charge in [0.2, 0.25) is 5.91 Å². The second kappa shape index (κ2) is 5.40. The number of sulfone groups is 1. The zero-order valence-corrected chi connectivity index (χ0v) is 13.4. The number of amides is 1. The molecule has 1 aliphatic rings. The van der Waals surface area contributed by atoms with Crippen molar-refractivity contribution < 1.29 is 13.2 Å². The van der Waals surface area contributed by atoms with Gasteiger partial charge in [-0.05, 0) is 31.3 Å². The maximum atomic E-state index is 12.7. The van der Waals surface area contributed by atoms with Crippen LogP contribution in [0.15, 0.2) is 0 Å². The highest BCUT2D eigenvalue weighted by atomic mass is 32.2. The molecule has 1 amide bonds. The average molecular weight is 290 g/mol. The van der Waals surface area contributed by atoms with Crippen LogP contribution in [0.2, 0.25) is 0 Å². The van der Waals surface area contributed by atoms with Crippen molar-refractivity contribution in [1.29, 1.82) is 0 Å². The molecule has 0 saturated carbocycles. The predicted molar refractivity (Wildman–Crippen MR) is 76.8 cm³/mol. The minimum Gasteiger partial charge on any atom is -0.344 e. The Kier molecular flexibility index (Phi) is 4.67. The first kappa shape index (κ1) is 16.4. The molecular formula is C13H26N2O3S. The van der Waals surface area contributed by atoms with Gasteiger partial charge in [-0.1, -0.05) is 20.8 Å². The third-order valence-electron chi connectivity index (χ3n) is 3.57. The van der Waals surface area contributed by atoms with E-state index in [1.165, 1.54) is 6.26 Å². The Morgan fingerprint density at radius 1 is 1.26 bits per heavy atom. The van der Waals surface area contributed by atoms with Crippen molar-refractivity contribution in [2.75, 3.05) is 32.9 Å². The standard InChI is InChI=1S/C13H26N2O3S/c1-12(2,3)10-15(4)11(16)13(19(5,17)18)6-8-14-9-7-13/h14H,6-10H2,1-5H3. The number of piperidine rings is 1. The molecule has 0 aliphatic carbocycles. The fourth-order valence-electron chi connectivity index (χ4n) is 2.71. The normalized spacial score (nSPS) is 20.1. The molecule has 0 aromatic rings. The summed E-state index contributed by atoms with van der Waals surface area (Å²) in [6.45, 7) is 7.80. The van der Waals surface area contributed by atoms with Gasteiger partial charge < -0.3 is 10.2 Å². The smallest absolute Gasteiger partial charge is 0.243 e. The van der Waals surface area contributed by atoms with E-state index in [0.29, 0.717) is 32.5 Å². The quantitative estimate of drug-likeness (QED) is 0.829. The summed E-state index contributed by atoms with van der Waals surface area (Å²) in [5.41, 5.74) is -0.0456. The van der Waals surface area contributed by atoms with Crippen LogP contribution in [-0.4, -0.2) is 56.9 Å². The molecule has 1 saturated heterocycles. The van der Waals surface area contributed by atoms with E-state index in [2.05, 4.69) is 5.32 Å². The second-order valence-electron chi connectivity index (χ2n) is 6.74. The fourth-order valence-corrected chi connectivity index (χ4v) is 4.12. The minimum atomic E-state index is -3.42. The molecule has 0 bridgehead atoms. The van der Waals surface area contributed by atoms with Gasteiger partial charge in [0, 0.05) is 19.8 Å². The zero-order chi connectivity index (χ0) is 14.9. The number of carbonyl (C=O) groups is 1. The molecule has 0 aromatic carbocycles. The number of carbonyl (C=O) groups excluding carboxylic acids is 1. The van der Waals surface area contributed by atoms with Crippen LogP contribution in [0.1, 0.15) is 33.6 Å². The summed E-state index contributed by atoms with van der Waals surface area (Å²) in [6, 6.07) is 0. The van der Waals surface area contributed by atoms with Gasteiger partial charge in [-0.3, -0.25) is 4.79 Å². The maximum absolute atomic E-state index is 12.7. The van der Waals surface area contributed by atoms with E-state index >= 15 is 0 Å².